The van der Waals surface area contributed by atoms with Crippen molar-refractivity contribution >= 4 is 17.8 Å². The maximum Gasteiger partial charge on any atom is 0.326 e. The first kappa shape index (κ1) is 17.5. The van der Waals surface area contributed by atoms with E-state index in [1.54, 1.807) is 4.90 Å². The van der Waals surface area contributed by atoms with Crippen LogP contribution in [-0.4, -0.2) is 39.9 Å². The van der Waals surface area contributed by atoms with Gasteiger partial charge in [-0.05, 0) is 24.3 Å². The molecule has 1 aliphatic heterocycles. The Morgan fingerprint density at radius 3 is 2.56 bits per heavy atom. The van der Waals surface area contributed by atoms with Gasteiger partial charge >= 0.3 is 5.97 Å². The third-order valence-corrected chi connectivity index (χ3v) is 4.97. The Balaban J connectivity index is 1.57. The van der Waals surface area contributed by atoms with Crippen LogP contribution in [0, 0.1) is 5.92 Å². The lowest BCUT2D eigenvalue weighted by molar-refractivity contribution is -0.142. The molecule has 3 rings (SSSR count). The van der Waals surface area contributed by atoms with Crippen LogP contribution < -0.4 is 5.32 Å². The summed E-state index contributed by atoms with van der Waals surface area (Å²) in [6, 6.07) is 8.70. The summed E-state index contributed by atoms with van der Waals surface area (Å²) in [7, 11) is 0. The molecule has 0 radical (unpaired) electrons. The summed E-state index contributed by atoms with van der Waals surface area (Å²) in [6.07, 6.45) is 3.82. The molecule has 25 heavy (non-hydrogen) atoms. The van der Waals surface area contributed by atoms with Crippen molar-refractivity contribution in [2.75, 3.05) is 0 Å². The highest BCUT2D eigenvalue weighted by Gasteiger charge is 2.34. The zero-order valence-corrected chi connectivity index (χ0v) is 14.2. The molecule has 0 unspecified atom stereocenters. The van der Waals surface area contributed by atoms with Crippen molar-refractivity contribution in [3.8, 4) is 0 Å². The molecule has 134 valence electrons. The van der Waals surface area contributed by atoms with Crippen LogP contribution in [-0.2, 0) is 20.9 Å². The second-order valence-electron chi connectivity index (χ2n) is 7.04. The highest BCUT2D eigenvalue weighted by atomic mass is 16.4. The molecular weight excluding hydrogens is 320 g/mol. The summed E-state index contributed by atoms with van der Waals surface area (Å²) in [6.45, 7) is 0.488. The van der Waals surface area contributed by atoms with Crippen LogP contribution in [0.5, 0.6) is 0 Å². The van der Waals surface area contributed by atoms with Gasteiger partial charge in [0.2, 0.25) is 11.8 Å². The fraction of sp³-hybridized carbons (Fsp3) is 0.526. The largest absolute Gasteiger partial charge is 0.480 e. The van der Waals surface area contributed by atoms with Crippen molar-refractivity contribution in [1.82, 2.24) is 10.2 Å². The predicted molar refractivity (Wildman–Crippen MR) is 91.5 cm³/mol. The Kier molecular flexibility index (Phi) is 5.36. The molecule has 1 aliphatic carbocycles. The molecule has 2 fully saturated rings. The zero-order valence-electron chi connectivity index (χ0n) is 14.2. The van der Waals surface area contributed by atoms with E-state index in [1.165, 1.54) is 0 Å². The lowest BCUT2D eigenvalue weighted by Crippen LogP contribution is -2.44. The number of benzene rings is 1. The van der Waals surface area contributed by atoms with Crippen molar-refractivity contribution in [2.24, 2.45) is 5.92 Å². The third-order valence-electron chi connectivity index (χ3n) is 4.97. The van der Waals surface area contributed by atoms with E-state index in [0.717, 1.165) is 18.4 Å². The molecule has 1 saturated carbocycles. The average Bonchev–Trinajstić information content (AvgIpc) is 3.34. The fourth-order valence-corrected chi connectivity index (χ4v) is 3.38. The summed E-state index contributed by atoms with van der Waals surface area (Å²) in [4.78, 5) is 37.5. The number of rotatable bonds is 8. The number of hydrogen-bond acceptors (Lipinski definition) is 3. The predicted octanol–water partition coefficient (Wildman–Crippen LogP) is 1.94. The minimum absolute atomic E-state index is 0.0504. The first-order valence-electron chi connectivity index (χ1n) is 8.88. The van der Waals surface area contributed by atoms with Gasteiger partial charge in [0.05, 0.1) is 0 Å². The first-order chi connectivity index (χ1) is 12.0. The summed E-state index contributed by atoms with van der Waals surface area (Å²) in [5.74, 6) is -0.798. The monoisotopic (exact) mass is 344 g/mol. The number of carboxylic acids is 1. The second kappa shape index (κ2) is 7.68. The topological polar surface area (TPSA) is 86.7 Å². The number of likely N-dealkylation sites (tertiary alicyclic amines) is 1. The molecule has 0 spiro atoms. The molecule has 1 saturated heterocycles. The van der Waals surface area contributed by atoms with Crippen molar-refractivity contribution in [2.45, 2.75) is 57.2 Å². The summed E-state index contributed by atoms with van der Waals surface area (Å²) in [5.41, 5.74) is 1.03. The molecule has 1 aromatic carbocycles. The summed E-state index contributed by atoms with van der Waals surface area (Å²) >= 11 is 0. The standard InChI is InChI=1S/C19H24N2O4/c22-17(20-16(19(24)25)10-13-6-7-13)11-15-8-9-18(23)21(15)12-14-4-2-1-3-5-14/h1-5,13,15-16H,6-12H2,(H,20,22)(H,24,25)/t15-,16-/m0/s1. The van der Waals surface area contributed by atoms with Gasteiger partial charge in [0, 0.05) is 25.4 Å². The van der Waals surface area contributed by atoms with E-state index in [4.69, 9.17) is 0 Å². The molecule has 6 heteroatoms. The van der Waals surface area contributed by atoms with Gasteiger partial charge in [0.1, 0.15) is 6.04 Å². The number of hydrogen-bond donors (Lipinski definition) is 2. The fourth-order valence-electron chi connectivity index (χ4n) is 3.38. The molecule has 2 aliphatic rings. The number of carbonyl (C=O) groups excluding carboxylic acids is 2. The Bertz CT molecular complexity index is 642. The number of amides is 2. The molecule has 0 bridgehead atoms. The van der Waals surface area contributed by atoms with E-state index in [-0.39, 0.29) is 24.3 Å². The van der Waals surface area contributed by atoms with Crippen molar-refractivity contribution < 1.29 is 19.5 Å². The van der Waals surface area contributed by atoms with Gasteiger partial charge < -0.3 is 15.3 Å². The van der Waals surface area contributed by atoms with E-state index in [2.05, 4.69) is 5.32 Å². The molecule has 1 heterocycles. The summed E-state index contributed by atoms with van der Waals surface area (Å²) < 4.78 is 0. The summed E-state index contributed by atoms with van der Waals surface area (Å²) in [5, 5.41) is 11.9. The normalized spacial score (nSPS) is 21.2. The van der Waals surface area contributed by atoms with Gasteiger partial charge in [-0.25, -0.2) is 4.79 Å². The van der Waals surface area contributed by atoms with Crippen LogP contribution in [0.1, 0.15) is 44.1 Å². The van der Waals surface area contributed by atoms with Gasteiger partial charge in [0.15, 0.2) is 0 Å². The van der Waals surface area contributed by atoms with Crippen LogP contribution >= 0.6 is 0 Å². The second-order valence-corrected chi connectivity index (χ2v) is 7.04. The Labute approximate surface area is 147 Å². The van der Waals surface area contributed by atoms with Crippen LogP contribution in [0.3, 0.4) is 0 Å². The molecular formula is C19H24N2O4. The zero-order chi connectivity index (χ0) is 17.8. The SMILES string of the molecule is O=C(C[C@@H]1CCC(=O)N1Cc1ccccc1)N[C@@H](CC1CC1)C(=O)O. The van der Waals surface area contributed by atoms with Crippen molar-refractivity contribution in [3.63, 3.8) is 0 Å². The Hall–Kier alpha value is -2.37. The maximum absolute atomic E-state index is 12.3. The Morgan fingerprint density at radius 2 is 1.92 bits per heavy atom. The average molecular weight is 344 g/mol. The Morgan fingerprint density at radius 1 is 1.20 bits per heavy atom. The smallest absolute Gasteiger partial charge is 0.326 e. The van der Waals surface area contributed by atoms with Crippen molar-refractivity contribution in [3.05, 3.63) is 35.9 Å². The van der Waals surface area contributed by atoms with Gasteiger partial charge in [-0.1, -0.05) is 43.2 Å². The van der Waals surface area contributed by atoms with Crippen LogP contribution in [0.4, 0.5) is 0 Å². The molecule has 2 atom stereocenters. The lowest BCUT2D eigenvalue weighted by Gasteiger charge is -2.25. The third kappa shape index (κ3) is 4.81. The van der Waals surface area contributed by atoms with Gasteiger partial charge in [-0.15, -0.1) is 0 Å². The van der Waals surface area contributed by atoms with E-state index in [1.807, 2.05) is 30.3 Å². The van der Waals surface area contributed by atoms with Crippen LogP contribution in [0.25, 0.3) is 0 Å². The highest BCUT2D eigenvalue weighted by Crippen LogP contribution is 2.33. The van der Waals surface area contributed by atoms with Crippen molar-refractivity contribution in [1.29, 1.82) is 0 Å². The van der Waals surface area contributed by atoms with Crippen LogP contribution in [0.15, 0.2) is 30.3 Å². The molecule has 2 N–H and O–H groups in total. The number of carboxylic acid groups (broad SMARTS) is 1. The van der Waals surface area contributed by atoms with Gasteiger partial charge in [-0.3, -0.25) is 9.59 Å². The van der Waals surface area contributed by atoms with E-state index in [0.29, 0.717) is 31.7 Å². The maximum atomic E-state index is 12.3. The minimum Gasteiger partial charge on any atom is -0.480 e. The van der Waals surface area contributed by atoms with Gasteiger partial charge in [0.25, 0.3) is 0 Å². The molecule has 0 aromatic heterocycles. The number of carbonyl (C=O) groups is 3. The van der Waals surface area contributed by atoms with Gasteiger partial charge in [-0.2, -0.15) is 0 Å². The quantitative estimate of drug-likeness (QED) is 0.754. The van der Waals surface area contributed by atoms with E-state index >= 15 is 0 Å². The van der Waals surface area contributed by atoms with E-state index in [9.17, 15) is 19.5 Å². The van der Waals surface area contributed by atoms with E-state index < -0.39 is 12.0 Å². The highest BCUT2D eigenvalue weighted by molar-refractivity contribution is 5.85. The molecule has 2 amide bonds. The first-order valence-corrected chi connectivity index (χ1v) is 8.88. The number of nitrogens with one attached hydrogen (secondary N) is 1. The number of aliphatic carboxylic acids is 1. The van der Waals surface area contributed by atoms with Crippen LogP contribution in [0.2, 0.25) is 0 Å². The lowest BCUT2D eigenvalue weighted by atomic mass is 10.1. The minimum atomic E-state index is -0.983. The number of nitrogens with zero attached hydrogens (tertiary/aromatic N) is 1. The molecule has 1 aromatic rings. The molecule has 6 nitrogen and oxygen atoms in total.